The molecule has 0 unspecified atom stereocenters. The summed E-state index contributed by atoms with van der Waals surface area (Å²) in [5, 5.41) is 10.8. The van der Waals surface area contributed by atoms with Crippen molar-refractivity contribution in [3.05, 3.63) is 112 Å². The molecule has 5 rings (SSSR count). The molecule has 9 nitrogen and oxygen atoms in total. The van der Waals surface area contributed by atoms with Gasteiger partial charge in [0.1, 0.15) is 6.04 Å². The molecule has 0 amide bonds. The van der Waals surface area contributed by atoms with Crippen LogP contribution in [-0.4, -0.2) is 60.6 Å². The van der Waals surface area contributed by atoms with Crippen molar-refractivity contribution in [2.24, 2.45) is 5.92 Å². The number of nitrogens with zero attached hydrogens (tertiary/aromatic N) is 3. The highest BCUT2D eigenvalue weighted by Crippen LogP contribution is 2.19. The monoisotopic (exact) mass is 598 g/mol. The molecule has 43 heavy (non-hydrogen) atoms. The SMILES string of the molecule is CC(C)[C@@H](NS(=O)(=O)N1CCN(c2ccc(C#Cc3ccc4ccn(Cc5ccccc5)c(=O)c4c3)cc2)CC1)C(=O)O. The second kappa shape index (κ2) is 12.8. The Morgan fingerprint density at radius 2 is 1.56 bits per heavy atom. The molecule has 0 bridgehead atoms. The highest BCUT2D eigenvalue weighted by Gasteiger charge is 2.32. The number of anilines is 1. The van der Waals surface area contributed by atoms with Gasteiger partial charge in [-0.15, -0.1) is 0 Å². The number of rotatable bonds is 8. The normalized spacial score (nSPS) is 14.8. The molecule has 10 heteroatoms. The first-order chi connectivity index (χ1) is 20.6. The van der Waals surface area contributed by atoms with Gasteiger partial charge in [-0.1, -0.05) is 62.1 Å². The zero-order chi connectivity index (χ0) is 30.6. The van der Waals surface area contributed by atoms with Gasteiger partial charge in [0, 0.05) is 54.6 Å². The van der Waals surface area contributed by atoms with E-state index in [0.717, 1.165) is 27.8 Å². The third kappa shape index (κ3) is 7.14. The number of pyridine rings is 1. The van der Waals surface area contributed by atoms with Crippen molar-refractivity contribution in [1.29, 1.82) is 0 Å². The summed E-state index contributed by atoms with van der Waals surface area (Å²) in [5.74, 6) is 4.77. The molecule has 1 aliphatic rings. The Morgan fingerprint density at radius 1 is 0.907 bits per heavy atom. The van der Waals surface area contributed by atoms with E-state index in [1.54, 1.807) is 18.4 Å². The van der Waals surface area contributed by atoms with Crippen molar-refractivity contribution >= 4 is 32.6 Å². The maximum Gasteiger partial charge on any atom is 0.322 e. The number of hydrogen-bond acceptors (Lipinski definition) is 5. The fourth-order valence-corrected chi connectivity index (χ4v) is 6.54. The van der Waals surface area contributed by atoms with E-state index in [2.05, 4.69) is 21.5 Å². The Labute approximate surface area is 251 Å². The molecule has 1 aliphatic heterocycles. The fourth-order valence-electron chi connectivity index (χ4n) is 5.06. The van der Waals surface area contributed by atoms with Crippen molar-refractivity contribution < 1.29 is 18.3 Å². The van der Waals surface area contributed by atoms with Crippen molar-refractivity contribution in [1.82, 2.24) is 13.6 Å². The standard InChI is InChI=1S/C33H34N4O5S/c1-24(2)31(33(39)40)34-43(41,42)37-20-18-35(19-21-37)29-14-11-25(12-15-29)8-9-26-10-13-28-16-17-36(32(38)30(28)22-26)23-27-6-4-3-5-7-27/h3-7,10-17,22,24,31,34H,18-21,23H2,1-2H3,(H,39,40)/t31-/m1/s1. The molecule has 3 aromatic carbocycles. The summed E-state index contributed by atoms with van der Waals surface area (Å²) >= 11 is 0. The van der Waals surface area contributed by atoms with Crippen molar-refractivity contribution in [3.63, 3.8) is 0 Å². The summed E-state index contributed by atoms with van der Waals surface area (Å²) in [6.07, 6.45) is 1.82. The van der Waals surface area contributed by atoms with E-state index in [0.29, 0.717) is 25.0 Å². The van der Waals surface area contributed by atoms with Gasteiger partial charge in [0.05, 0.1) is 6.54 Å². The molecular formula is C33H34N4O5S. The van der Waals surface area contributed by atoms with E-state index in [1.807, 2.05) is 85.1 Å². The van der Waals surface area contributed by atoms with Crippen LogP contribution in [0.5, 0.6) is 0 Å². The van der Waals surface area contributed by atoms with Crippen LogP contribution < -0.4 is 15.2 Å². The van der Waals surface area contributed by atoms with Gasteiger partial charge in [-0.05, 0) is 59.3 Å². The summed E-state index contributed by atoms with van der Waals surface area (Å²) < 4.78 is 30.8. The number of nitrogens with one attached hydrogen (secondary N) is 1. The molecule has 2 heterocycles. The molecule has 1 fully saturated rings. The summed E-state index contributed by atoms with van der Waals surface area (Å²) in [6.45, 7) is 5.28. The molecule has 0 spiro atoms. The van der Waals surface area contributed by atoms with Crippen molar-refractivity contribution in [3.8, 4) is 11.8 Å². The summed E-state index contributed by atoms with van der Waals surface area (Å²) in [7, 11) is -3.92. The number of fused-ring (bicyclic) bond motifs is 1. The number of benzene rings is 3. The van der Waals surface area contributed by atoms with Gasteiger partial charge in [-0.3, -0.25) is 9.59 Å². The Bertz CT molecular complexity index is 1830. The zero-order valence-electron chi connectivity index (χ0n) is 24.1. The third-order valence-electron chi connectivity index (χ3n) is 7.55. The first kappa shape index (κ1) is 30.0. The van der Waals surface area contributed by atoms with Gasteiger partial charge in [0.15, 0.2) is 0 Å². The van der Waals surface area contributed by atoms with E-state index in [9.17, 15) is 23.1 Å². The minimum absolute atomic E-state index is 0.0559. The molecule has 0 saturated carbocycles. The molecule has 4 aromatic rings. The van der Waals surface area contributed by atoms with Crippen LogP contribution in [0.4, 0.5) is 5.69 Å². The highest BCUT2D eigenvalue weighted by molar-refractivity contribution is 7.87. The second-order valence-corrected chi connectivity index (χ2v) is 12.6. The first-order valence-corrected chi connectivity index (χ1v) is 15.6. The summed E-state index contributed by atoms with van der Waals surface area (Å²) in [5.41, 5.74) is 3.52. The highest BCUT2D eigenvalue weighted by atomic mass is 32.2. The lowest BCUT2D eigenvalue weighted by atomic mass is 10.1. The van der Waals surface area contributed by atoms with Crippen LogP contribution in [0.15, 0.2) is 89.9 Å². The maximum atomic E-state index is 13.2. The second-order valence-electron chi connectivity index (χ2n) is 10.9. The Hall–Kier alpha value is -4.43. The average molecular weight is 599 g/mol. The van der Waals surface area contributed by atoms with E-state index >= 15 is 0 Å². The van der Waals surface area contributed by atoms with E-state index in [1.165, 1.54) is 4.31 Å². The van der Waals surface area contributed by atoms with Crippen molar-refractivity contribution in [2.75, 3.05) is 31.1 Å². The zero-order valence-corrected chi connectivity index (χ0v) is 24.9. The number of piperazine rings is 1. The Morgan fingerprint density at radius 3 is 2.21 bits per heavy atom. The molecule has 1 saturated heterocycles. The predicted molar refractivity (Wildman–Crippen MR) is 168 cm³/mol. The minimum Gasteiger partial charge on any atom is -0.480 e. The maximum absolute atomic E-state index is 13.2. The van der Waals surface area contributed by atoms with Crippen molar-refractivity contribution in [2.45, 2.75) is 26.4 Å². The quantitative estimate of drug-likeness (QED) is 0.300. The van der Waals surface area contributed by atoms with Crippen LogP contribution in [0.3, 0.4) is 0 Å². The summed E-state index contributed by atoms with van der Waals surface area (Å²) in [6, 6.07) is 24.0. The minimum atomic E-state index is -3.92. The molecule has 222 valence electrons. The van der Waals surface area contributed by atoms with E-state index in [4.69, 9.17) is 0 Å². The molecule has 2 N–H and O–H groups in total. The molecule has 0 radical (unpaired) electrons. The van der Waals surface area contributed by atoms with Gasteiger partial charge in [0.25, 0.3) is 15.8 Å². The van der Waals surface area contributed by atoms with Crippen LogP contribution in [0.1, 0.15) is 30.5 Å². The number of carboxylic acids is 1. The molecule has 0 aliphatic carbocycles. The largest absolute Gasteiger partial charge is 0.480 e. The molecule has 1 aromatic heterocycles. The molecule has 1 atom stereocenters. The van der Waals surface area contributed by atoms with Gasteiger partial charge >= 0.3 is 5.97 Å². The fraction of sp³-hybridized carbons (Fsp3) is 0.273. The predicted octanol–water partition coefficient (Wildman–Crippen LogP) is 3.52. The van der Waals surface area contributed by atoms with Crippen LogP contribution in [0.25, 0.3) is 10.8 Å². The van der Waals surface area contributed by atoms with Gasteiger partial charge in [-0.2, -0.15) is 17.4 Å². The molecular weight excluding hydrogens is 564 g/mol. The topological polar surface area (TPSA) is 112 Å². The van der Waals surface area contributed by atoms with E-state index < -0.39 is 22.2 Å². The van der Waals surface area contributed by atoms with Crippen LogP contribution >= 0.6 is 0 Å². The number of carbonyl (C=O) groups is 1. The van der Waals surface area contributed by atoms with Gasteiger partial charge in [-0.25, -0.2) is 0 Å². The van der Waals surface area contributed by atoms with Crippen LogP contribution in [-0.2, 0) is 21.5 Å². The van der Waals surface area contributed by atoms with Gasteiger partial charge < -0.3 is 14.6 Å². The van der Waals surface area contributed by atoms with Crippen LogP contribution in [0, 0.1) is 17.8 Å². The number of carboxylic acid groups (broad SMARTS) is 1. The van der Waals surface area contributed by atoms with Gasteiger partial charge in [0.2, 0.25) is 0 Å². The van der Waals surface area contributed by atoms with E-state index in [-0.39, 0.29) is 24.6 Å². The smallest absolute Gasteiger partial charge is 0.322 e. The third-order valence-corrected chi connectivity index (χ3v) is 9.14. The first-order valence-electron chi connectivity index (χ1n) is 14.1. The Kier molecular flexibility index (Phi) is 8.97. The number of aliphatic carboxylic acids is 1. The summed E-state index contributed by atoms with van der Waals surface area (Å²) in [4.78, 5) is 26.7. The Balaban J connectivity index is 1.23. The average Bonchev–Trinajstić information content (AvgIpc) is 3.01. The lowest BCUT2D eigenvalue weighted by molar-refractivity contribution is -0.140. The number of hydrogen-bond donors (Lipinski definition) is 2. The lowest BCUT2D eigenvalue weighted by Gasteiger charge is -2.36. The lowest BCUT2D eigenvalue weighted by Crippen LogP contribution is -2.55. The number of aromatic nitrogens is 1. The van der Waals surface area contributed by atoms with Crippen LogP contribution in [0.2, 0.25) is 0 Å².